The normalized spacial score (nSPS) is 17.8. The number of hydrogen-bond acceptors (Lipinski definition) is 6. The number of aromatic hydroxyl groups is 1. The van der Waals surface area contributed by atoms with Gasteiger partial charge >= 0.3 is 5.69 Å². The Labute approximate surface area is 121 Å². The number of nitrogens with one attached hydrogen (secondary N) is 1. The summed E-state index contributed by atoms with van der Waals surface area (Å²) in [6.45, 7) is -0.135. The third-order valence-corrected chi connectivity index (χ3v) is 4.98. The van der Waals surface area contributed by atoms with Gasteiger partial charge < -0.3 is 10.2 Å². The van der Waals surface area contributed by atoms with Crippen LogP contribution in [0.1, 0.15) is 25.7 Å². The van der Waals surface area contributed by atoms with Crippen LogP contribution in [0.2, 0.25) is 0 Å². The van der Waals surface area contributed by atoms with E-state index in [9.17, 15) is 28.7 Å². The minimum absolute atomic E-state index is 0.135. The third kappa shape index (κ3) is 3.49. The fourth-order valence-electron chi connectivity index (χ4n) is 2.34. The smallest absolute Gasteiger partial charge is 0.312 e. The number of phenolic OH excluding ortho intramolecular Hbond substituents is 1. The predicted molar refractivity (Wildman–Crippen MR) is 73.4 cm³/mol. The Morgan fingerprint density at radius 1 is 1.33 bits per heavy atom. The number of sulfonamides is 1. The second-order valence-corrected chi connectivity index (χ2v) is 6.93. The topological polar surface area (TPSA) is 130 Å². The van der Waals surface area contributed by atoms with E-state index in [0.29, 0.717) is 12.8 Å². The summed E-state index contributed by atoms with van der Waals surface area (Å²) >= 11 is 0. The average Bonchev–Trinajstić information content (AvgIpc) is 2.84. The van der Waals surface area contributed by atoms with Crippen LogP contribution >= 0.6 is 0 Å². The number of hydrogen-bond donors (Lipinski definition) is 3. The first-order valence-corrected chi connectivity index (χ1v) is 7.91. The molecule has 9 heteroatoms. The van der Waals surface area contributed by atoms with Crippen molar-refractivity contribution in [2.75, 3.05) is 6.54 Å². The lowest BCUT2D eigenvalue weighted by molar-refractivity contribution is -0.386. The highest BCUT2D eigenvalue weighted by Crippen LogP contribution is 2.30. The number of aliphatic hydroxyl groups is 1. The molecule has 1 saturated carbocycles. The van der Waals surface area contributed by atoms with E-state index >= 15 is 0 Å². The van der Waals surface area contributed by atoms with Crippen LogP contribution in [0.4, 0.5) is 5.69 Å². The molecule has 0 unspecified atom stereocenters. The van der Waals surface area contributed by atoms with Crippen molar-refractivity contribution in [2.45, 2.75) is 36.2 Å². The van der Waals surface area contributed by atoms with E-state index in [0.717, 1.165) is 31.0 Å². The number of nitro groups is 1. The van der Waals surface area contributed by atoms with E-state index < -0.39 is 32.0 Å². The van der Waals surface area contributed by atoms with Crippen molar-refractivity contribution in [3.05, 3.63) is 28.3 Å². The molecule has 0 radical (unpaired) electrons. The molecule has 8 nitrogen and oxygen atoms in total. The fraction of sp³-hybridized carbons (Fsp3) is 0.500. The molecule has 1 aliphatic carbocycles. The molecule has 1 aromatic rings. The van der Waals surface area contributed by atoms with Gasteiger partial charge in [0.25, 0.3) is 0 Å². The standard InChI is InChI=1S/C12H16N2O6S/c15-11-4-3-9(7-10(11)14(17)18)21(19,20)13-8-12(16)5-1-2-6-12/h3-4,7,13,15-16H,1-2,5-6,8H2. The quantitative estimate of drug-likeness (QED) is 0.546. The van der Waals surface area contributed by atoms with Crippen molar-refractivity contribution in [2.24, 2.45) is 0 Å². The van der Waals surface area contributed by atoms with E-state index in [1.54, 1.807) is 0 Å². The van der Waals surface area contributed by atoms with Gasteiger partial charge in [0.2, 0.25) is 10.0 Å². The van der Waals surface area contributed by atoms with Gasteiger partial charge in [-0.3, -0.25) is 10.1 Å². The van der Waals surface area contributed by atoms with Gasteiger partial charge in [-0.1, -0.05) is 12.8 Å². The molecule has 0 atom stereocenters. The van der Waals surface area contributed by atoms with Crippen LogP contribution in [0, 0.1) is 10.1 Å². The van der Waals surface area contributed by atoms with E-state index in [1.807, 2.05) is 0 Å². The second kappa shape index (κ2) is 5.58. The van der Waals surface area contributed by atoms with Crippen LogP contribution in [0.5, 0.6) is 5.75 Å². The zero-order valence-electron chi connectivity index (χ0n) is 11.2. The first kappa shape index (κ1) is 15.7. The largest absolute Gasteiger partial charge is 0.502 e. The Morgan fingerprint density at radius 3 is 2.52 bits per heavy atom. The summed E-state index contributed by atoms with van der Waals surface area (Å²) in [5.41, 5.74) is -1.74. The van der Waals surface area contributed by atoms with Crippen molar-refractivity contribution < 1.29 is 23.6 Å². The molecule has 116 valence electrons. The molecule has 0 spiro atoms. The number of nitrogens with zero attached hydrogens (tertiary/aromatic N) is 1. The SMILES string of the molecule is O=[N+]([O-])c1cc(S(=O)(=O)NCC2(O)CCCC2)ccc1O. The minimum atomic E-state index is -3.98. The monoisotopic (exact) mass is 316 g/mol. The maximum absolute atomic E-state index is 12.1. The summed E-state index contributed by atoms with van der Waals surface area (Å²) in [5.74, 6) is -0.603. The minimum Gasteiger partial charge on any atom is -0.502 e. The van der Waals surface area contributed by atoms with E-state index in [4.69, 9.17) is 0 Å². The molecular formula is C12H16N2O6S. The van der Waals surface area contributed by atoms with Crippen molar-refractivity contribution in [3.63, 3.8) is 0 Å². The first-order chi connectivity index (χ1) is 9.73. The zero-order valence-corrected chi connectivity index (χ0v) is 12.0. The van der Waals surface area contributed by atoms with Crippen molar-refractivity contribution in [1.29, 1.82) is 0 Å². The van der Waals surface area contributed by atoms with Crippen LogP contribution in [-0.2, 0) is 10.0 Å². The number of benzene rings is 1. The zero-order chi connectivity index (χ0) is 15.7. The summed E-state index contributed by atoms with van der Waals surface area (Å²) in [4.78, 5) is 9.52. The van der Waals surface area contributed by atoms with Gasteiger partial charge in [-0.2, -0.15) is 0 Å². The number of rotatable bonds is 5. The molecule has 21 heavy (non-hydrogen) atoms. The molecule has 0 bridgehead atoms. The van der Waals surface area contributed by atoms with Crippen molar-refractivity contribution in [3.8, 4) is 5.75 Å². The molecule has 3 N–H and O–H groups in total. The molecule has 0 saturated heterocycles. The van der Waals surface area contributed by atoms with E-state index in [1.165, 1.54) is 0 Å². The molecule has 2 rings (SSSR count). The highest BCUT2D eigenvalue weighted by atomic mass is 32.2. The Hall–Kier alpha value is -1.71. The van der Waals surface area contributed by atoms with Crippen LogP contribution in [0.15, 0.2) is 23.1 Å². The van der Waals surface area contributed by atoms with Crippen LogP contribution in [0.25, 0.3) is 0 Å². The molecule has 1 aliphatic rings. The molecule has 0 heterocycles. The van der Waals surface area contributed by atoms with Crippen molar-refractivity contribution >= 4 is 15.7 Å². The van der Waals surface area contributed by atoms with Gasteiger partial charge in [-0.25, -0.2) is 13.1 Å². The molecular weight excluding hydrogens is 300 g/mol. The maximum Gasteiger partial charge on any atom is 0.312 e. The highest BCUT2D eigenvalue weighted by Gasteiger charge is 2.33. The lowest BCUT2D eigenvalue weighted by Crippen LogP contribution is -2.40. The Kier molecular flexibility index (Phi) is 4.17. The lowest BCUT2D eigenvalue weighted by Gasteiger charge is -2.22. The molecule has 0 aliphatic heterocycles. The lowest BCUT2D eigenvalue weighted by atomic mass is 10.0. The maximum atomic E-state index is 12.1. The van der Waals surface area contributed by atoms with E-state index in [2.05, 4.69) is 4.72 Å². The second-order valence-electron chi connectivity index (χ2n) is 5.16. The summed E-state index contributed by atoms with van der Waals surface area (Å²) in [6.07, 6.45) is 2.71. The number of phenols is 1. The highest BCUT2D eigenvalue weighted by molar-refractivity contribution is 7.89. The summed E-state index contributed by atoms with van der Waals surface area (Å²) in [7, 11) is -3.98. The Bertz CT molecular complexity index is 652. The van der Waals surface area contributed by atoms with Crippen molar-refractivity contribution in [1.82, 2.24) is 4.72 Å². The predicted octanol–water partition coefficient (Wildman–Crippen LogP) is 0.884. The molecule has 0 amide bonds. The molecule has 1 aromatic carbocycles. The van der Waals surface area contributed by atoms with Gasteiger partial charge in [0.15, 0.2) is 5.75 Å². The molecule has 1 fully saturated rings. The fourth-order valence-corrected chi connectivity index (χ4v) is 3.48. The third-order valence-electron chi connectivity index (χ3n) is 3.58. The average molecular weight is 316 g/mol. The van der Waals surface area contributed by atoms with Gasteiger partial charge in [0.1, 0.15) is 0 Å². The summed E-state index contributed by atoms with van der Waals surface area (Å²) in [5, 5.41) is 30.1. The van der Waals surface area contributed by atoms with Gasteiger partial charge in [-0.05, 0) is 25.0 Å². The van der Waals surface area contributed by atoms with Crippen LogP contribution < -0.4 is 4.72 Å². The Balaban J connectivity index is 2.19. The summed E-state index contributed by atoms with van der Waals surface area (Å²) < 4.78 is 26.4. The van der Waals surface area contributed by atoms with Crippen LogP contribution in [-0.4, -0.2) is 35.7 Å². The van der Waals surface area contributed by atoms with Gasteiger partial charge in [0.05, 0.1) is 15.4 Å². The number of nitro benzene ring substituents is 1. The van der Waals surface area contributed by atoms with Gasteiger partial charge in [0, 0.05) is 12.6 Å². The Morgan fingerprint density at radius 2 is 1.95 bits per heavy atom. The summed E-state index contributed by atoms with van der Waals surface area (Å²) in [6, 6.07) is 2.82. The first-order valence-electron chi connectivity index (χ1n) is 6.43. The van der Waals surface area contributed by atoms with E-state index in [-0.39, 0.29) is 11.4 Å². The molecule has 0 aromatic heterocycles. The van der Waals surface area contributed by atoms with Gasteiger partial charge in [-0.15, -0.1) is 0 Å². The van der Waals surface area contributed by atoms with Crippen LogP contribution in [0.3, 0.4) is 0 Å².